The largest absolute Gasteiger partial charge is 0.484 e. The first-order valence-corrected chi connectivity index (χ1v) is 10.5. The zero-order valence-corrected chi connectivity index (χ0v) is 17.0. The van der Waals surface area contributed by atoms with E-state index in [-0.39, 0.29) is 11.7 Å². The molecule has 3 aromatic rings. The molecular weight excluding hydrogens is 387 g/mol. The molecule has 1 atom stereocenters. The normalized spacial score (nSPS) is 16.6. The summed E-state index contributed by atoms with van der Waals surface area (Å²) >= 11 is 1.45. The quantitative estimate of drug-likeness (QED) is 0.670. The van der Waals surface area contributed by atoms with Crippen LogP contribution in [0.3, 0.4) is 0 Å². The Bertz CT molecular complexity index is 1000. The number of nitrogens with zero attached hydrogens (tertiary/aromatic N) is 1. The Labute approximate surface area is 173 Å². The minimum absolute atomic E-state index is 0.0466. The Morgan fingerprint density at radius 1 is 1.21 bits per heavy atom. The molecule has 1 amide bonds. The highest BCUT2D eigenvalue weighted by Gasteiger charge is 2.26. The van der Waals surface area contributed by atoms with Crippen LogP contribution >= 0.6 is 11.3 Å². The van der Waals surface area contributed by atoms with Crippen LogP contribution in [0.2, 0.25) is 0 Å². The number of carbonyl (C=O) groups excluding carboxylic acids is 1. The molecule has 0 radical (unpaired) electrons. The van der Waals surface area contributed by atoms with E-state index in [9.17, 15) is 9.18 Å². The monoisotopic (exact) mass is 410 g/mol. The molecule has 1 N–H and O–H groups in total. The second-order valence-electron chi connectivity index (χ2n) is 7.16. The maximum absolute atomic E-state index is 14.4. The van der Waals surface area contributed by atoms with Crippen molar-refractivity contribution in [2.24, 2.45) is 0 Å². The first-order chi connectivity index (χ1) is 14.1. The second kappa shape index (κ2) is 8.76. The lowest BCUT2D eigenvalue weighted by atomic mass is 10.1. The highest BCUT2D eigenvalue weighted by atomic mass is 32.1. The van der Waals surface area contributed by atoms with Crippen LogP contribution in [0.1, 0.15) is 32.5 Å². The van der Waals surface area contributed by atoms with E-state index in [4.69, 9.17) is 4.74 Å². The average Bonchev–Trinajstić information content (AvgIpc) is 3.05. The van der Waals surface area contributed by atoms with Crippen molar-refractivity contribution in [3.05, 3.63) is 87.4 Å². The van der Waals surface area contributed by atoms with Crippen molar-refractivity contribution in [1.29, 1.82) is 0 Å². The predicted octanol–water partition coefficient (Wildman–Crippen LogP) is 4.56. The number of carbonyl (C=O) groups is 1. The molecule has 150 valence electrons. The summed E-state index contributed by atoms with van der Waals surface area (Å²) in [6, 6.07) is 16.5. The van der Waals surface area contributed by atoms with Gasteiger partial charge in [-0.25, -0.2) is 4.39 Å². The third-order valence-electron chi connectivity index (χ3n) is 5.09. The number of para-hydroxylation sites is 1. The fraction of sp³-hybridized carbons (Fsp3) is 0.261. The number of halogens is 1. The number of aryl methyl sites for hydroxylation is 1. The zero-order chi connectivity index (χ0) is 20.2. The standard InChI is InChI=1S/C23H23FN2O2S/c1-16-10-13-29-22(16)23(27)25-11-12-26-14-17-6-2-5-9-20(17)28-21(15-26)18-7-3-4-8-19(18)24/h2-10,13,21H,11-12,14-15H2,1H3,(H,25,27). The van der Waals surface area contributed by atoms with Crippen molar-refractivity contribution in [3.8, 4) is 5.75 Å². The minimum Gasteiger partial charge on any atom is -0.484 e. The summed E-state index contributed by atoms with van der Waals surface area (Å²) in [7, 11) is 0. The molecule has 6 heteroatoms. The maximum atomic E-state index is 14.4. The smallest absolute Gasteiger partial charge is 0.261 e. The highest BCUT2D eigenvalue weighted by molar-refractivity contribution is 7.12. The second-order valence-corrected chi connectivity index (χ2v) is 8.08. The predicted molar refractivity (Wildman–Crippen MR) is 113 cm³/mol. The molecule has 4 nitrogen and oxygen atoms in total. The molecule has 1 aromatic heterocycles. The van der Waals surface area contributed by atoms with E-state index in [0.717, 1.165) is 21.8 Å². The van der Waals surface area contributed by atoms with Gasteiger partial charge >= 0.3 is 0 Å². The lowest BCUT2D eigenvalue weighted by Gasteiger charge is -2.24. The molecule has 1 aliphatic rings. The van der Waals surface area contributed by atoms with Gasteiger partial charge in [-0.15, -0.1) is 11.3 Å². The summed E-state index contributed by atoms with van der Waals surface area (Å²) < 4.78 is 20.6. The summed E-state index contributed by atoms with van der Waals surface area (Å²) in [6.45, 7) is 4.34. The van der Waals surface area contributed by atoms with Gasteiger partial charge < -0.3 is 10.1 Å². The Kier molecular flexibility index (Phi) is 5.92. The van der Waals surface area contributed by atoms with Gasteiger partial charge in [-0.2, -0.15) is 0 Å². The fourth-order valence-electron chi connectivity index (χ4n) is 3.56. The lowest BCUT2D eigenvalue weighted by Crippen LogP contribution is -2.36. The van der Waals surface area contributed by atoms with E-state index in [1.807, 2.05) is 48.7 Å². The summed E-state index contributed by atoms with van der Waals surface area (Å²) in [5.41, 5.74) is 2.60. The Balaban J connectivity index is 1.48. The molecule has 4 rings (SSSR count). The van der Waals surface area contributed by atoms with Gasteiger partial charge in [0.2, 0.25) is 0 Å². The van der Waals surface area contributed by atoms with E-state index < -0.39 is 6.10 Å². The number of hydrogen-bond acceptors (Lipinski definition) is 4. The van der Waals surface area contributed by atoms with Crippen LogP contribution in [0.5, 0.6) is 5.75 Å². The van der Waals surface area contributed by atoms with Gasteiger partial charge in [0.25, 0.3) is 5.91 Å². The van der Waals surface area contributed by atoms with E-state index in [2.05, 4.69) is 10.2 Å². The topological polar surface area (TPSA) is 41.6 Å². The Hall–Kier alpha value is -2.70. The third-order valence-corrected chi connectivity index (χ3v) is 6.11. The van der Waals surface area contributed by atoms with Crippen LogP contribution in [0.25, 0.3) is 0 Å². The maximum Gasteiger partial charge on any atom is 0.261 e. The van der Waals surface area contributed by atoms with Crippen LogP contribution in [0.4, 0.5) is 4.39 Å². The first-order valence-electron chi connectivity index (χ1n) is 9.65. The van der Waals surface area contributed by atoms with Crippen LogP contribution < -0.4 is 10.1 Å². The molecule has 0 bridgehead atoms. The summed E-state index contributed by atoms with van der Waals surface area (Å²) in [5, 5.41) is 4.92. The number of benzene rings is 2. The molecule has 1 aliphatic heterocycles. The van der Waals surface area contributed by atoms with E-state index in [1.165, 1.54) is 17.4 Å². The van der Waals surface area contributed by atoms with Crippen LogP contribution in [0.15, 0.2) is 60.0 Å². The molecule has 0 spiro atoms. The third kappa shape index (κ3) is 4.49. The summed E-state index contributed by atoms with van der Waals surface area (Å²) in [4.78, 5) is 15.3. The Morgan fingerprint density at radius 3 is 2.79 bits per heavy atom. The van der Waals surface area contributed by atoms with Crippen molar-refractivity contribution in [3.63, 3.8) is 0 Å². The molecule has 0 saturated heterocycles. The molecule has 29 heavy (non-hydrogen) atoms. The SMILES string of the molecule is Cc1ccsc1C(=O)NCCN1Cc2ccccc2OC(c2ccccc2F)C1. The molecule has 0 fully saturated rings. The average molecular weight is 411 g/mol. The number of thiophene rings is 1. The van der Waals surface area contributed by atoms with Gasteiger partial charge in [-0.1, -0.05) is 36.4 Å². The van der Waals surface area contributed by atoms with Crippen molar-refractivity contribution in [2.75, 3.05) is 19.6 Å². The van der Waals surface area contributed by atoms with Gasteiger partial charge in [0.05, 0.1) is 4.88 Å². The summed E-state index contributed by atoms with van der Waals surface area (Å²) in [6.07, 6.45) is -0.407. The van der Waals surface area contributed by atoms with Gasteiger partial charge in [0, 0.05) is 37.3 Å². The van der Waals surface area contributed by atoms with Crippen molar-refractivity contribution >= 4 is 17.2 Å². The van der Waals surface area contributed by atoms with Gasteiger partial charge in [0.1, 0.15) is 17.7 Å². The van der Waals surface area contributed by atoms with Crippen LogP contribution in [-0.2, 0) is 6.54 Å². The highest BCUT2D eigenvalue weighted by Crippen LogP contribution is 2.31. The Morgan fingerprint density at radius 2 is 2.00 bits per heavy atom. The van der Waals surface area contributed by atoms with Gasteiger partial charge in [0.15, 0.2) is 0 Å². The molecule has 1 unspecified atom stereocenters. The fourth-order valence-corrected chi connectivity index (χ4v) is 4.40. The number of hydrogen-bond donors (Lipinski definition) is 1. The summed E-state index contributed by atoms with van der Waals surface area (Å²) in [5.74, 6) is 0.467. The first kappa shape index (κ1) is 19.6. The van der Waals surface area contributed by atoms with Crippen molar-refractivity contribution < 1.29 is 13.9 Å². The molecule has 2 aromatic carbocycles. The van der Waals surface area contributed by atoms with Crippen molar-refractivity contribution in [2.45, 2.75) is 19.6 Å². The van der Waals surface area contributed by atoms with Crippen LogP contribution in [-0.4, -0.2) is 30.4 Å². The number of amides is 1. The molecule has 0 saturated carbocycles. The van der Waals surface area contributed by atoms with E-state index in [0.29, 0.717) is 31.7 Å². The number of rotatable bonds is 5. The van der Waals surface area contributed by atoms with Gasteiger partial charge in [-0.3, -0.25) is 9.69 Å². The zero-order valence-electron chi connectivity index (χ0n) is 16.2. The number of fused-ring (bicyclic) bond motifs is 1. The molecule has 2 heterocycles. The molecule has 0 aliphatic carbocycles. The number of nitrogens with one attached hydrogen (secondary N) is 1. The minimum atomic E-state index is -0.407. The number of ether oxygens (including phenoxy) is 1. The lowest BCUT2D eigenvalue weighted by molar-refractivity contribution is 0.0946. The van der Waals surface area contributed by atoms with E-state index in [1.54, 1.807) is 12.1 Å². The molecular formula is C23H23FN2O2S. The van der Waals surface area contributed by atoms with Gasteiger partial charge in [-0.05, 0) is 36.1 Å². The van der Waals surface area contributed by atoms with Crippen LogP contribution in [0, 0.1) is 12.7 Å². The van der Waals surface area contributed by atoms with Crippen molar-refractivity contribution in [1.82, 2.24) is 10.2 Å². The van der Waals surface area contributed by atoms with E-state index >= 15 is 0 Å².